The standard InChI is InChI=1S/C12H12N4S/c1-7-14-9-3-2-8(4-10(9)15-7)11-6-17-12(5-13)16-11/h2-4,6H,5,13H2,1H3,(H,14,15). The number of fused-ring (bicyclic) bond motifs is 1. The van der Waals surface area contributed by atoms with Crippen molar-refractivity contribution in [2.45, 2.75) is 13.5 Å². The number of nitrogens with zero attached hydrogens (tertiary/aromatic N) is 2. The minimum atomic E-state index is 0.496. The Morgan fingerprint density at radius 2 is 2.24 bits per heavy atom. The number of nitrogens with one attached hydrogen (secondary N) is 1. The average Bonchev–Trinajstić information content (AvgIpc) is 2.92. The van der Waals surface area contributed by atoms with Gasteiger partial charge in [0.15, 0.2) is 0 Å². The molecule has 0 aliphatic rings. The molecule has 0 aliphatic heterocycles. The first-order valence-corrected chi connectivity index (χ1v) is 6.25. The Morgan fingerprint density at radius 3 is 3.00 bits per heavy atom. The third-order valence-corrected chi connectivity index (χ3v) is 3.49. The molecule has 4 nitrogen and oxygen atoms in total. The number of rotatable bonds is 2. The molecule has 3 N–H and O–H groups in total. The third kappa shape index (κ3) is 1.83. The van der Waals surface area contributed by atoms with E-state index in [0.29, 0.717) is 6.54 Å². The lowest BCUT2D eigenvalue weighted by Gasteiger charge is -1.96. The zero-order valence-corrected chi connectivity index (χ0v) is 10.2. The molecule has 0 radical (unpaired) electrons. The number of nitrogens with two attached hydrogens (primary N) is 1. The molecule has 0 amide bonds. The van der Waals surface area contributed by atoms with Crippen LogP contribution in [-0.2, 0) is 6.54 Å². The van der Waals surface area contributed by atoms with Crippen molar-refractivity contribution in [1.82, 2.24) is 15.0 Å². The molecular formula is C12H12N4S. The molecule has 17 heavy (non-hydrogen) atoms. The Morgan fingerprint density at radius 1 is 1.35 bits per heavy atom. The van der Waals surface area contributed by atoms with Crippen LogP contribution in [0.3, 0.4) is 0 Å². The maximum Gasteiger partial charge on any atom is 0.107 e. The zero-order valence-electron chi connectivity index (χ0n) is 9.40. The third-order valence-electron chi connectivity index (χ3n) is 2.62. The SMILES string of the molecule is Cc1nc2ccc(-c3csc(CN)n3)cc2[nH]1. The fourth-order valence-corrected chi connectivity index (χ4v) is 2.52. The molecule has 1 aromatic carbocycles. The zero-order chi connectivity index (χ0) is 11.8. The minimum Gasteiger partial charge on any atom is -0.342 e. The molecule has 0 saturated heterocycles. The van der Waals surface area contributed by atoms with Gasteiger partial charge in [-0.05, 0) is 19.1 Å². The fourth-order valence-electron chi connectivity index (χ4n) is 1.83. The molecule has 0 spiro atoms. The summed E-state index contributed by atoms with van der Waals surface area (Å²) in [6, 6.07) is 6.12. The van der Waals surface area contributed by atoms with Crippen molar-refractivity contribution in [2.24, 2.45) is 5.73 Å². The van der Waals surface area contributed by atoms with Crippen molar-refractivity contribution in [3.63, 3.8) is 0 Å². The maximum absolute atomic E-state index is 5.57. The van der Waals surface area contributed by atoms with E-state index in [4.69, 9.17) is 5.73 Å². The molecule has 2 aromatic heterocycles. The molecule has 0 unspecified atom stereocenters. The molecular weight excluding hydrogens is 232 g/mol. The lowest BCUT2D eigenvalue weighted by molar-refractivity contribution is 1.04. The molecule has 86 valence electrons. The number of thiazole rings is 1. The fraction of sp³-hybridized carbons (Fsp3) is 0.167. The number of benzene rings is 1. The molecule has 5 heteroatoms. The van der Waals surface area contributed by atoms with E-state index >= 15 is 0 Å². The number of imidazole rings is 1. The highest BCUT2D eigenvalue weighted by atomic mass is 32.1. The molecule has 0 aliphatic carbocycles. The van der Waals surface area contributed by atoms with Gasteiger partial charge in [0.05, 0.1) is 16.7 Å². The van der Waals surface area contributed by atoms with E-state index < -0.39 is 0 Å². The number of aromatic nitrogens is 3. The van der Waals surface area contributed by atoms with Crippen molar-refractivity contribution in [3.05, 3.63) is 34.4 Å². The summed E-state index contributed by atoms with van der Waals surface area (Å²) in [5.74, 6) is 0.929. The van der Waals surface area contributed by atoms with Crippen LogP contribution in [-0.4, -0.2) is 15.0 Å². The normalized spacial score (nSPS) is 11.2. The van der Waals surface area contributed by atoms with E-state index in [9.17, 15) is 0 Å². The molecule has 0 bridgehead atoms. The number of hydrogen-bond acceptors (Lipinski definition) is 4. The van der Waals surface area contributed by atoms with E-state index in [-0.39, 0.29) is 0 Å². The van der Waals surface area contributed by atoms with Crippen molar-refractivity contribution < 1.29 is 0 Å². The Kier molecular flexibility index (Phi) is 2.42. The second-order valence-electron chi connectivity index (χ2n) is 3.88. The summed E-state index contributed by atoms with van der Waals surface area (Å²) in [5.41, 5.74) is 9.67. The highest BCUT2D eigenvalue weighted by Crippen LogP contribution is 2.24. The summed E-state index contributed by atoms with van der Waals surface area (Å²) >= 11 is 1.59. The van der Waals surface area contributed by atoms with Crippen LogP contribution in [0.5, 0.6) is 0 Å². The Bertz CT molecular complexity index is 668. The largest absolute Gasteiger partial charge is 0.342 e. The lowest BCUT2D eigenvalue weighted by Crippen LogP contribution is -1.94. The van der Waals surface area contributed by atoms with Crippen LogP contribution in [0.4, 0.5) is 0 Å². The van der Waals surface area contributed by atoms with Gasteiger partial charge in [-0.25, -0.2) is 9.97 Å². The summed E-state index contributed by atoms with van der Waals surface area (Å²) in [6.07, 6.45) is 0. The van der Waals surface area contributed by atoms with Gasteiger partial charge in [-0.15, -0.1) is 11.3 Å². The monoisotopic (exact) mass is 244 g/mol. The van der Waals surface area contributed by atoms with Gasteiger partial charge in [0.2, 0.25) is 0 Å². The highest BCUT2D eigenvalue weighted by molar-refractivity contribution is 7.09. The van der Waals surface area contributed by atoms with Crippen LogP contribution < -0.4 is 5.73 Å². The number of aromatic amines is 1. The van der Waals surface area contributed by atoms with E-state index in [1.165, 1.54) is 0 Å². The van der Waals surface area contributed by atoms with Crippen LogP contribution >= 0.6 is 11.3 Å². The first-order valence-electron chi connectivity index (χ1n) is 5.37. The van der Waals surface area contributed by atoms with Crippen molar-refractivity contribution in [2.75, 3.05) is 0 Å². The molecule has 3 aromatic rings. The molecule has 0 atom stereocenters. The van der Waals surface area contributed by atoms with Gasteiger partial charge in [-0.3, -0.25) is 0 Å². The van der Waals surface area contributed by atoms with Gasteiger partial charge in [0.25, 0.3) is 0 Å². The average molecular weight is 244 g/mol. The second-order valence-corrected chi connectivity index (χ2v) is 4.83. The van der Waals surface area contributed by atoms with Gasteiger partial charge in [0, 0.05) is 17.5 Å². The Labute approximate surface area is 103 Å². The molecule has 0 saturated carbocycles. The number of aryl methyl sites for hydroxylation is 1. The number of H-pyrrole nitrogens is 1. The topological polar surface area (TPSA) is 67.6 Å². The second kappa shape index (κ2) is 3.94. The van der Waals surface area contributed by atoms with Gasteiger partial charge in [-0.1, -0.05) is 6.07 Å². The van der Waals surface area contributed by atoms with Crippen molar-refractivity contribution >= 4 is 22.4 Å². The van der Waals surface area contributed by atoms with E-state index in [1.807, 2.05) is 24.4 Å². The molecule has 0 fully saturated rings. The Balaban J connectivity index is 2.10. The summed E-state index contributed by atoms with van der Waals surface area (Å²) < 4.78 is 0. The highest BCUT2D eigenvalue weighted by Gasteiger charge is 2.06. The summed E-state index contributed by atoms with van der Waals surface area (Å²) in [6.45, 7) is 2.45. The summed E-state index contributed by atoms with van der Waals surface area (Å²) in [7, 11) is 0. The van der Waals surface area contributed by atoms with Crippen molar-refractivity contribution in [3.8, 4) is 11.3 Å². The van der Waals surface area contributed by atoms with Crippen LogP contribution in [0.1, 0.15) is 10.8 Å². The lowest BCUT2D eigenvalue weighted by atomic mass is 10.1. The van der Waals surface area contributed by atoms with Crippen LogP contribution in [0.15, 0.2) is 23.6 Å². The quantitative estimate of drug-likeness (QED) is 0.727. The predicted octanol–water partition coefficient (Wildman–Crippen LogP) is 2.45. The van der Waals surface area contributed by atoms with Gasteiger partial charge < -0.3 is 10.7 Å². The summed E-state index contributed by atoms with van der Waals surface area (Å²) in [4.78, 5) is 12.1. The van der Waals surface area contributed by atoms with E-state index in [1.54, 1.807) is 11.3 Å². The first kappa shape index (κ1) is 10.4. The predicted molar refractivity (Wildman–Crippen MR) is 69.8 cm³/mol. The molecule has 3 rings (SSSR count). The minimum absolute atomic E-state index is 0.496. The number of hydrogen-bond donors (Lipinski definition) is 2. The van der Waals surface area contributed by atoms with Gasteiger partial charge >= 0.3 is 0 Å². The van der Waals surface area contributed by atoms with Gasteiger partial charge in [0.1, 0.15) is 10.8 Å². The van der Waals surface area contributed by atoms with Crippen LogP contribution in [0.25, 0.3) is 22.3 Å². The van der Waals surface area contributed by atoms with Gasteiger partial charge in [-0.2, -0.15) is 0 Å². The Hall–Kier alpha value is -1.72. The maximum atomic E-state index is 5.57. The van der Waals surface area contributed by atoms with E-state index in [0.717, 1.165) is 33.1 Å². The smallest absolute Gasteiger partial charge is 0.107 e. The van der Waals surface area contributed by atoms with Crippen LogP contribution in [0, 0.1) is 6.92 Å². The van der Waals surface area contributed by atoms with E-state index in [2.05, 4.69) is 21.0 Å². The van der Waals surface area contributed by atoms with Crippen LogP contribution in [0.2, 0.25) is 0 Å². The first-order chi connectivity index (χ1) is 8.26. The van der Waals surface area contributed by atoms with Crippen molar-refractivity contribution in [1.29, 1.82) is 0 Å². The summed E-state index contributed by atoms with van der Waals surface area (Å²) in [5, 5.41) is 2.99. The molecule has 2 heterocycles.